The van der Waals surface area contributed by atoms with Gasteiger partial charge in [-0.15, -0.1) is 5.10 Å². The predicted molar refractivity (Wildman–Crippen MR) is 132 cm³/mol. The van der Waals surface area contributed by atoms with E-state index in [0.29, 0.717) is 17.3 Å². The van der Waals surface area contributed by atoms with E-state index in [1.165, 1.54) is 29.1 Å². The third kappa shape index (κ3) is 5.08. The first-order valence-corrected chi connectivity index (χ1v) is 11.9. The zero-order valence-corrected chi connectivity index (χ0v) is 21.0. The van der Waals surface area contributed by atoms with Crippen LogP contribution < -0.4 is 0 Å². The second-order valence-electron chi connectivity index (χ2n) is 7.64. The predicted octanol–water partition coefficient (Wildman–Crippen LogP) is 7.86. The molecular formula is C25H15Br2F3N4O. The minimum atomic E-state index is -4.50. The Morgan fingerprint density at radius 1 is 0.829 bits per heavy atom. The summed E-state index contributed by atoms with van der Waals surface area (Å²) in [5, 5.41) is 7.96. The van der Waals surface area contributed by atoms with Crippen LogP contribution in [0.1, 0.15) is 11.5 Å². The van der Waals surface area contributed by atoms with Crippen LogP contribution in [0.15, 0.2) is 92.4 Å². The summed E-state index contributed by atoms with van der Waals surface area (Å²) in [6.45, 7) is 0.0985. The Morgan fingerprint density at radius 3 is 2.11 bits per heavy atom. The summed E-state index contributed by atoms with van der Waals surface area (Å²) in [5.41, 5.74) is 1.66. The molecule has 0 aliphatic heterocycles. The summed E-state index contributed by atoms with van der Waals surface area (Å²) in [4.78, 5) is 4.68. The molecule has 3 aromatic carbocycles. The van der Waals surface area contributed by atoms with E-state index in [1.54, 1.807) is 0 Å². The van der Waals surface area contributed by atoms with Crippen LogP contribution in [0, 0.1) is 0 Å². The molecule has 0 bridgehead atoms. The van der Waals surface area contributed by atoms with Crippen molar-refractivity contribution in [3.63, 3.8) is 0 Å². The van der Waals surface area contributed by atoms with Crippen LogP contribution in [0.2, 0.25) is 0 Å². The van der Waals surface area contributed by atoms with Gasteiger partial charge in [-0.25, -0.2) is 9.67 Å². The molecule has 2 heterocycles. The average molecular weight is 604 g/mol. The van der Waals surface area contributed by atoms with Gasteiger partial charge in [-0.3, -0.25) is 0 Å². The van der Waals surface area contributed by atoms with Crippen LogP contribution in [-0.2, 0) is 12.7 Å². The SMILES string of the molecule is FC(F)(F)c1ccccc1-c1cn(Cc2nc(-c3ccc(Br)cc3)c(-c3ccc(Br)cc3)o2)nn1. The van der Waals surface area contributed by atoms with Gasteiger partial charge in [0.25, 0.3) is 0 Å². The molecule has 0 saturated heterocycles. The summed E-state index contributed by atoms with van der Waals surface area (Å²) >= 11 is 6.88. The van der Waals surface area contributed by atoms with E-state index in [2.05, 4.69) is 47.2 Å². The molecule has 0 N–H and O–H groups in total. The highest BCUT2D eigenvalue weighted by molar-refractivity contribution is 9.10. The monoisotopic (exact) mass is 602 g/mol. The summed E-state index contributed by atoms with van der Waals surface area (Å²) in [7, 11) is 0. The number of hydrogen-bond acceptors (Lipinski definition) is 4. The number of benzene rings is 3. The molecule has 0 radical (unpaired) electrons. The van der Waals surface area contributed by atoms with Gasteiger partial charge in [0.1, 0.15) is 17.9 Å². The highest BCUT2D eigenvalue weighted by Gasteiger charge is 2.34. The van der Waals surface area contributed by atoms with Gasteiger partial charge in [0.05, 0.1) is 11.8 Å². The first-order chi connectivity index (χ1) is 16.8. The minimum Gasteiger partial charge on any atom is -0.438 e. The van der Waals surface area contributed by atoms with Crippen molar-refractivity contribution in [3.05, 3.63) is 99.4 Å². The zero-order valence-electron chi connectivity index (χ0n) is 17.8. The Balaban J connectivity index is 1.50. The lowest BCUT2D eigenvalue weighted by molar-refractivity contribution is -0.137. The fourth-order valence-corrected chi connectivity index (χ4v) is 4.15. The van der Waals surface area contributed by atoms with Gasteiger partial charge in [0.15, 0.2) is 5.76 Å². The third-order valence-electron chi connectivity index (χ3n) is 5.24. The van der Waals surface area contributed by atoms with E-state index in [4.69, 9.17) is 4.42 Å². The quantitative estimate of drug-likeness (QED) is 0.205. The van der Waals surface area contributed by atoms with E-state index in [0.717, 1.165) is 26.1 Å². The maximum absolute atomic E-state index is 13.4. The number of hydrogen-bond donors (Lipinski definition) is 0. The molecule has 0 atom stereocenters. The van der Waals surface area contributed by atoms with Crippen molar-refractivity contribution in [2.45, 2.75) is 12.7 Å². The highest BCUT2D eigenvalue weighted by Crippen LogP contribution is 2.37. The molecule has 10 heteroatoms. The lowest BCUT2D eigenvalue weighted by Gasteiger charge is -2.10. The van der Waals surface area contributed by atoms with E-state index < -0.39 is 11.7 Å². The number of halogens is 5. The molecule has 2 aromatic heterocycles. The molecule has 35 heavy (non-hydrogen) atoms. The Kier molecular flexibility index (Phi) is 6.33. The summed E-state index contributed by atoms with van der Waals surface area (Å²) in [6.07, 6.45) is -3.05. The van der Waals surface area contributed by atoms with Crippen LogP contribution in [-0.4, -0.2) is 20.0 Å². The maximum Gasteiger partial charge on any atom is 0.417 e. The van der Waals surface area contributed by atoms with Gasteiger partial charge >= 0.3 is 6.18 Å². The molecule has 0 spiro atoms. The topological polar surface area (TPSA) is 56.7 Å². The standard InChI is InChI=1S/C25H15Br2F3N4O/c26-17-9-5-15(6-10-17)23-24(16-7-11-18(27)12-8-16)35-22(31-23)14-34-13-21(32-33-34)19-3-1-2-4-20(19)25(28,29)30/h1-13H,14H2. The Labute approximate surface area is 214 Å². The molecule has 0 aliphatic carbocycles. The molecule has 5 nitrogen and oxygen atoms in total. The number of alkyl halides is 3. The van der Waals surface area contributed by atoms with Gasteiger partial charge in [0.2, 0.25) is 5.89 Å². The van der Waals surface area contributed by atoms with Gasteiger partial charge in [-0.2, -0.15) is 13.2 Å². The van der Waals surface area contributed by atoms with Crippen molar-refractivity contribution in [2.24, 2.45) is 0 Å². The Morgan fingerprint density at radius 2 is 1.46 bits per heavy atom. The lowest BCUT2D eigenvalue weighted by Crippen LogP contribution is -2.06. The summed E-state index contributed by atoms with van der Waals surface area (Å²) < 4.78 is 49.7. The molecule has 0 aliphatic rings. The van der Waals surface area contributed by atoms with Crippen LogP contribution in [0.25, 0.3) is 33.8 Å². The molecule has 0 saturated carbocycles. The maximum atomic E-state index is 13.4. The summed E-state index contributed by atoms with van der Waals surface area (Å²) in [5.74, 6) is 0.930. The van der Waals surface area contributed by atoms with Crippen molar-refractivity contribution in [2.75, 3.05) is 0 Å². The number of nitrogens with zero attached hydrogens (tertiary/aromatic N) is 4. The fraction of sp³-hybridized carbons (Fsp3) is 0.0800. The Bertz CT molecular complexity index is 1410. The Hall–Kier alpha value is -3.24. The molecule has 5 rings (SSSR count). The van der Waals surface area contributed by atoms with Gasteiger partial charge in [-0.1, -0.05) is 79.5 Å². The smallest absolute Gasteiger partial charge is 0.417 e. The second kappa shape index (κ2) is 9.43. The van der Waals surface area contributed by atoms with Gasteiger partial charge in [-0.05, 0) is 30.3 Å². The first-order valence-electron chi connectivity index (χ1n) is 10.4. The van der Waals surface area contributed by atoms with Crippen molar-refractivity contribution >= 4 is 31.9 Å². The zero-order chi connectivity index (χ0) is 24.6. The molecule has 0 fully saturated rings. The minimum absolute atomic E-state index is 0.0373. The van der Waals surface area contributed by atoms with E-state index in [-0.39, 0.29) is 17.8 Å². The fourth-order valence-electron chi connectivity index (χ4n) is 3.62. The van der Waals surface area contributed by atoms with Crippen LogP contribution >= 0.6 is 31.9 Å². The van der Waals surface area contributed by atoms with Gasteiger partial charge < -0.3 is 4.42 Å². The number of oxazole rings is 1. The number of aromatic nitrogens is 4. The van der Waals surface area contributed by atoms with Crippen molar-refractivity contribution < 1.29 is 17.6 Å². The third-order valence-corrected chi connectivity index (χ3v) is 6.30. The van der Waals surface area contributed by atoms with Crippen LogP contribution in [0.3, 0.4) is 0 Å². The van der Waals surface area contributed by atoms with Crippen LogP contribution in [0.4, 0.5) is 13.2 Å². The average Bonchev–Trinajstić information content (AvgIpc) is 3.47. The molecule has 176 valence electrons. The van der Waals surface area contributed by atoms with E-state index >= 15 is 0 Å². The molecular weight excluding hydrogens is 589 g/mol. The highest BCUT2D eigenvalue weighted by atomic mass is 79.9. The molecule has 5 aromatic rings. The molecule has 0 amide bonds. The van der Waals surface area contributed by atoms with Gasteiger partial charge in [0, 0.05) is 25.6 Å². The number of rotatable bonds is 5. The van der Waals surface area contributed by atoms with Crippen molar-refractivity contribution in [1.29, 1.82) is 0 Å². The molecule has 0 unspecified atom stereocenters. The first kappa shape index (κ1) is 23.5. The van der Waals surface area contributed by atoms with Crippen molar-refractivity contribution in [3.8, 4) is 33.8 Å². The normalized spacial score (nSPS) is 11.7. The lowest BCUT2D eigenvalue weighted by atomic mass is 10.1. The van der Waals surface area contributed by atoms with Crippen molar-refractivity contribution in [1.82, 2.24) is 20.0 Å². The summed E-state index contributed by atoms with van der Waals surface area (Å²) in [6, 6.07) is 20.6. The second-order valence-corrected chi connectivity index (χ2v) is 9.48. The van der Waals surface area contributed by atoms with Crippen LogP contribution in [0.5, 0.6) is 0 Å². The van der Waals surface area contributed by atoms with E-state index in [1.807, 2.05) is 48.5 Å². The largest absolute Gasteiger partial charge is 0.438 e. The van der Waals surface area contributed by atoms with E-state index in [9.17, 15) is 13.2 Å².